The highest BCUT2D eigenvalue weighted by molar-refractivity contribution is 6.04. The topological polar surface area (TPSA) is 58.6 Å². The molecule has 0 saturated heterocycles. The molecule has 1 unspecified atom stereocenters. The molecule has 1 N–H and O–H groups in total. The number of amides is 1. The van der Waals surface area contributed by atoms with Crippen LogP contribution in [0.2, 0.25) is 0 Å². The number of nitrogens with one attached hydrogen (secondary N) is 1. The molecule has 0 radical (unpaired) electrons. The number of methoxy groups -OCH3 is 1. The molecule has 2 aliphatic rings. The van der Waals surface area contributed by atoms with Crippen molar-refractivity contribution in [2.24, 2.45) is 0 Å². The van der Waals surface area contributed by atoms with Gasteiger partial charge >= 0.3 is 5.97 Å². The number of ether oxygens (including phenoxy) is 1. The molecule has 2 aromatic rings. The summed E-state index contributed by atoms with van der Waals surface area (Å²) < 4.78 is 18.8. The van der Waals surface area contributed by atoms with Gasteiger partial charge in [0, 0.05) is 24.2 Å². The van der Waals surface area contributed by atoms with Gasteiger partial charge in [-0.05, 0) is 23.8 Å². The van der Waals surface area contributed by atoms with Crippen LogP contribution in [-0.2, 0) is 9.53 Å². The maximum Gasteiger partial charge on any atom is 0.319 e. The molecule has 0 aliphatic carbocycles. The smallest absolute Gasteiger partial charge is 0.319 e. The van der Waals surface area contributed by atoms with Gasteiger partial charge in [-0.3, -0.25) is 9.59 Å². The minimum Gasteiger partial charge on any atom is -0.468 e. The van der Waals surface area contributed by atoms with Crippen molar-refractivity contribution in [2.75, 3.05) is 20.2 Å². The Morgan fingerprint density at radius 2 is 2.04 bits per heavy atom. The first-order valence-corrected chi connectivity index (χ1v) is 8.34. The molecule has 0 saturated carbocycles. The first kappa shape index (κ1) is 16.3. The van der Waals surface area contributed by atoms with Crippen LogP contribution in [0, 0.1) is 5.82 Å². The number of carbonyl (C=O) groups excluding carboxylic acids is 2. The summed E-state index contributed by atoms with van der Waals surface area (Å²) in [5.74, 6) is -1.75. The monoisotopic (exact) mass is 352 g/mol. The third kappa shape index (κ3) is 2.45. The standard InChI is InChI=1S/C20H17FN2O3/c1-26-20(25)16-14-7-2-3-8-15(14)19(24)23-10-9-22-17(18(16)23)12-5-4-6-13(21)11-12/h2-8,11,16,22H,9-10H2,1H3. The molecule has 0 bridgehead atoms. The third-order valence-corrected chi connectivity index (χ3v) is 4.76. The van der Waals surface area contributed by atoms with Gasteiger partial charge in [0.2, 0.25) is 0 Å². The highest BCUT2D eigenvalue weighted by Gasteiger charge is 2.43. The molecule has 2 heterocycles. The fourth-order valence-corrected chi connectivity index (χ4v) is 3.64. The Kier molecular flexibility index (Phi) is 3.95. The number of carbonyl (C=O) groups is 2. The lowest BCUT2D eigenvalue weighted by Gasteiger charge is -2.40. The van der Waals surface area contributed by atoms with E-state index in [9.17, 15) is 14.0 Å². The number of halogens is 1. The molecule has 0 fully saturated rings. The van der Waals surface area contributed by atoms with Crippen LogP contribution >= 0.6 is 0 Å². The first-order chi connectivity index (χ1) is 12.6. The fraction of sp³-hybridized carbons (Fsp3) is 0.200. The summed E-state index contributed by atoms with van der Waals surface area (Å²) >= 11 is 0. The SMILES string of the molecule is COC(=O)C1C2=C(c3cccc(F)c3)NCCN2C(=O)c2ccccc21. The van der Waals surface area contributed by atoms with E-state index in [1.54, 1.807) is 41.3 Å². The molecule has 1 amide bonds. The first-order valence-electron chi connectivity index (χ1n) is 8.34. The largest absolute Gasteiger partial charge is 0.468 e. The molecule has 4 rings (SSSR count). The lowest BCUT2D eigenvalue weighted by Crippen LogP contribution is -2.48. The number of fused-ring (bicyclic) bond motifs is 2. The second-order valence-electron chi connectivity index (χ2n) is 6.20. The summed E-state index contributed by atoms with van der Waals surface area (Å²) in [5, 5.41) is 3.23. The van der Waals surface area contributed by atoms with Gasteiger partial charge in [0.25, 0.3) is 5.91 Å². The second kappa shape index (κ2) is 6.29. The Bertz CT molecular complexity index is 938. The molecule has 6 heteroatoms. The van der Waals surface area contributed by atoms with Crippen LogP contribution in [0.3, 0.4) is 0 Å². The third-order valence-electron chi connectivity index (χ3n) is 4.76. The lowest BCUT2D eigenvalue weighted by molar-refractivity contribution is -0.141. The van der Waals surface area contributed by atoms with E-state index in [0.29, 0.717) is 41.2 Å². The summed E-state index contributed by atoms with van der Waals surface area (Å²) in [6, 6.07) is 13.1. The van der Waals surface area contributed by atoms with Gasteiger partial charge in [-0.1, -0.05) is 30.3 Å². The van der Waals surface area contributed by atoms with Crippen LogP contribution in [-0.4, -0.2) is 37.0 Å². The van der Waals surface area contributed by atoms with E-state index >= 15 is 0 Å². The summed E-state index contributed by atoms with van der Waals surface area (Å²) in [6.07, 6.45) is 0. The molecule has 132 valence electrons. The van der Waals surface area contributed by atoms with Crippen molar-refractivity contribution >= 4 is 17.6 Å². The predicted octanol–water partition coefficient (Wildman–Crippen LogP) is 2.51. The van der Waals surface area contributed by atoms with Crippen LogP contribution in [0.1, 0.15) is 27.4 Å². The maximum atomic E-state index is 13.8. The van der Waals surface area contributed by atoms with Crippen molar-refractivity contribution in [3.63, 3.8) is 0 Å². The van der Waals surface area contributed by atoms with E-state index in [-0.39, 0.29) is 11.7 Å². The van der Waals surface area contributed by atoms with E-state index in [2.05, 4.69) is 5.32 Å². The number of hydrogen-bond donors (Lipinski definition) is 1. The van der Waals surface area contributed by atoms with Gasteiger partial charge in [0.15, 0.2) is 0 Å². The van der Waals surface area contributed by atoms with Crippen molar-refractivity contribution in [3.05, 3.63) is 76.7 Å². The molecule has 0 spiro atoms. The van der Waals surface area contributed by atoms with Crippen LogP contribution in [0.5, 0.6) is 0 Å². The van der Waals surface area contributed by atoms with Gasteiger partial charge in [-0.25, -0.2) is 4.39 Å². The molecule has 2 aliphatic heterocycles. The zero-order chi connectivity index (χ0) is 18.3. The summed E-state index contributed by atoms with van der Waals surface area (Å²) in [6.45, 7) is 0.936. The van der Waals surface area contributed by atoms with E-state index in [0.717, 1.165) is 0 Å². The second-order valence-corrected chi connectivity index (χ2v) is 6.20. The Morgan fingerprint density at radius 3 is 2.81 bits per heavy atom. The highest BCUT2D eigenvalue weighted by Crippen LogP contribution is 2.41. The van der Waals surface area contributed by atoms with E-state index < -0.39 is 11.9 Å². The Morgan fingerprint density at radius 1 is 1.23 bits per heavy atom. The van der Waals surface area contributed by atoms with Crippen LogP contribution < -0.4 is 5.32 Å². The van der Waals surface area contributed by atoms with Crippen molar-refractivity contribution in [1.29, 1.82) is 0 Å². The van der Waals surface area contributed by atoms with E-state index in [1.807, 2.05) is 0 Å². The molecule has 5 nitrogen and oxygen atoms in total. The predicted molar refractivity (Wildman–Crippen MR) is 93.6 cm³/mol. The average molecular weight is 352 g/mol. The summed E-state index contributed by atoms with van der Waals surface area (Å²) in [4.78, 5) is 27.2. The molecular weight excluding hydrogens is 335 g/mol. The van der Waals surface area contributed by atoms with Gasteiger partial charge in [-0.15, -0.1) is 0 Å². The molecule has 2 aromatic carbocycles. The zero-order valence-corrected chi connectivity index (χ0v) is 14.2. The number of nitrogens with zero attached hydrogens (tertiary/aromatic N) is 1. The van der Waals surface area contributed by atoms with Gasteiger partial charge in [-0.2, -0.15) is 0 Å². The van der Waals surface area contributed by atoms with Crippen molar-refractivity contribution in [3.8, 4) is 0 Å². The van der Waals surface area contributed by atoms with E-state index in [1.165, 1.54) is 19.2 Å². The number of esters is 1. The van der Waals surface area contributed by atoms with Gasteiger partial charge < -0.3 is 15.0 Å². The minimum absolute atomic E-state index is 0.161. The number of hydrogen-bond acceptors (Lipinski definition) is 4. The van der Waals surface area contributed by atoms with Gasteiger partial charge in [0.1, 0.15) is 11.7 Å². The normalized spacial score (nSPS) is 18.8. The lowest BCUT2D eigenvalue weighted by atomic mass is 9.83. The fourth-order valence-electron chi connectivity index (χ4n) is 3.64. The highest BCUT2D eigenvalue weighted by atomic mass is 19.1. The molecule has 0 aromatic heterocycles. The van der Waals surface area contributed by atoms with Crippen LogP contribution in [0.15, 0.2) is 54.2 Å². The van der Waals surface area contributed by atoms with Crippen LogP contribution in [0.4, 0.5) is 4.39 Å². The van der Waals surface area contributed by atoms with Crippen molar-refractivity contribution in [1.82, 2.24) is 10.2 Å². The number of rotatable bonds is 2. The zero-order valence-electron chi connectivity index (χ0n) is 14.2. The maximum absolute atomic E-state index is 13.8. The molecule has 1 atom stereocenters. The average Bonchev–Trinajstić information content (AvgIpc) is 2.67. The van der Waals surface area contributed by atoms with Crippen molar-refractivity contribution in [2.45, 2.75) is 5.92 Å². The summed E-state index contributed by atoms with van der Waals surface area (Å²) in [7, 11) is 1.32. The quantitative estimate of drug-likeness (QED) is 0.844. The summed E-state index contributed by atoms with van der Waals surface area (Å²) in [5.41, 5.74) is 2.78. The molecular formula is C20H17FN2O3. The Hall–Kier alpha value is -3.15. The van der Waals surface area contributed by atoms with Gasteiger partial charge in [0.05, 0.1) is 18.5 Å². The Labute approximate surface area is 150 Å². The van der Waals surface area contributed by atoms with Crippen molar-refractivity contribution < 1.29 is 18.7 Å². The number of benzene rings is 2. The Balaban J connectivity index is 2.00. The van der Waals surface area contributed by atoms with Crippen LogP contribution in [0.25, 0.3) is 5.70 Å². The van der Waals surface area contributed by atoms with E-state index in [4.69, 9.17) is 4.74 Å². The minimum atomic E-state index is -0.750. The molecule has 26 heavy (non-hydrogen) atoms.